The fraction of sp³-hybridized carbons (Fsp3) is 0.769. The smallest absolute Gasteiger partial charge is 0.303 e. The molecule has 1 saturated carbocycles. The molecular formula is C13H21N3O4S. The van der Waals surface area contributed by atoms with Gasteiger partial charge in [0.1, 0.15) is 17.9 Å². The van der Waals surface area contributed by atoms with Crippen molar-refractivity contribution in [1.82, 2.24) is 14.8 Å². The van der Waals surface area contributed by atoms with E-state index in [0.717, 1.165) is 0 Å². The van der Waals surface area contributed by atoms with Gasteiger partial charge in [0, 0.05) is 6.54 Å². The summed E-state index contributed by atoms with van der Waals surface area (Å²) >= 11 is 0. The molecule has 0 amide bonds. The monoisotopic (exact) mass is 315 g/mol. The Balaban J connectivity index is 2.05. The van der Waals surface area contributed by atoms with Gasteiger partial charge in [-0.2, -0.15) is 5.10 Å². The van der Waals surface area contributed by atoms with E-state index in [4.69, 9.17) is 5.11 Å². The highest BCUT2D eigenvalue weighted by Gasteiger charge is 2.47. The van der Waals surface area contributed by atoms with Gasteiger partial charge in [0.05, 0.1) is 12.2 Å². The Kier molecular flexibility index (Phi) is 4.36. The van der Waals surface area contributed by atoms with E-state index in [1.165, 1.54) is 6.33 Å². The summed E-state index contributed by atoms with van der Waals surface area (Å²) in [6.07, 6.45) is 2.61. The average molecular weight is 315 g/mol. The highest BCUT2D eigenvalue weighted by Crippen LogP contribution is 2.50. The molecule has 118 valence electrons. The molecule has 1 N–H and O–H groups in total. The van der Waals surface area contributed by atoms with E-state index in [9.17, 15) is 13.2 Å². The van der Waals surface area contributed by atoms with Crippen molar-refractivity contribution < 1.29 is 18.3 Å². The number of rotatable bonds is 8. The number of carbonyl (C=O) groups is 1. The lowest BCUT2D eigenvalue weighted by Gasteiger charge is -2.13. The second-order valence-electron chi connectivity index (χ2n) is 6.35. The van der Waals surface area contributed by atoms with Crippen LogP contribution < -0.4 is 0 Å². The van der Waals surface area contributed by atoms with Crippen LogP contribution in [0, 0.1) is 11.3 Å². The summed E-state index contributed by atoms with van der Waals surface area (Å²) in [6.45, 7) is 4.66. The van der Waals surface area contributed by atoms with Crippen LogP contribution >= 0.6 is 0 Å². The molecule has 1 aromatic rings. The van der Waals surface area contributed by atoms with E-state index < -0.39 is 21.2 Å². The maximum Gasteiger partial charge on any atom is 0.303 e. The van der Waals surface area contributed by atoms with Gasteiger partial charge < -0.3 is 5.11 Å². The van der Waals surface area contributed by atoms with Crippen LogP contribution in [-0.2, 0) is 26.9 Å². The molecule has 0 aliphatic heterocycles. The summed E-state index contributed by atoms with van der Waals surface area (Å²) in [7, 11) is -3.39. The van der Waals surface area contributed by atoms with Gasteiger partial charge in [0.15, 0.2) is 9.84 Å². The fourth-order valence-electron chi connectivity index (χ4n) is 2.48. The fourth-order valence-corrected chi connectivity index (χ4v) is 4.52. The summed E-state index contributed by atoms with van der Waals surface area (Å²) in [5, 5.41) is 12.9. The van der Waals surface area contributed by atoms with Crippen molar-refractivity contribution in [2.24, 2.45) is 11.3 Å². The van der Waals surface area contributed by atoms with Gasteiger partial charge in [0.25, 0.3) is 0 Å². The number of aliphatic carboxylic acids is 1. The molecule has 0 radical (unpaired) electrons. The molecule has 0 bridgehead atoms. The minimum Gasteiger partial charge on any atom is -0.481 e. The Labute approximate surface area is 124 Å². The molecule has 0 unspecified atom stereocenters. The van der Waals surface area contributed by atoms with Crippen LogP contribution in [0.25, 0.3) is 0 Å². The minimum atomic E-state index is -3.39. The number of hydrogen-bond acceptors (Lipinski definition) is 5. The van der Waals surface area contributed by atoms with E-state index in [1.54, 1.807) is 4.68 Å². The molecule has 0 spiro atoms. The average Bonchev–Trinajstić information content (AvgIpc) is 2.89. The molecule has 1 aliphatic rings. The zero-order valence-corrected chi connectivity index (χ0v) is 13.1. The normalized spacial score (nSPS) is 17.1. The second kappa shape index (κ2) is 5.75. The molecule has 2 rings (SSSR count). The summed E-state index contributed by atoms with van der Waals surface area (Å²) in [5.41, 5.74) is -0.562. The third kappa shape index (κ3) is 4.52. The summed E-state index contributed by atoms with van der Waals surface area (Å²) in [6, 6.07) is 0. The number of sulfone groups is 1. The van der Waals surface area contributed by atoms with Gasteiger partial charge in [-0.25, -0.2) is 18.1 Å². The van der Waals surface area contributed by atoms with Crippen LogP contribution in [0.15, 0.2) is 6.33 Å². The maximum atomic E-state index is 12.3. The third-order valence-electron chi connectivity index (χ3n) is 3.59. The van der Waals surface area contributed by atoms with E-state index in [1.807, 2.05) is 13.8 Å². The molecule has 0 saturated heterocycles. The Morgan fingerprint density at radius 2 is 2.14 bits per heavy atom. The zero-order valence-electron chi connectivity index (χ0n) is 12.3. The Hall–Kier alpha value is -1.44. The largest absolute Gasteiger partial charge is 0.481 e. The zero-order chi connectivity index (χ0) is 15.7. The molecule has 1 aliphatic carbocycles. The first-order chi connectivity index (χ1) is 9.71. The molecule has 21 heavy (non-hydrogen) atoms. The highest BCUT2D eigenvalue weighted by molar-refractivity contribution is 7.90. The predicted octanol–water partition coefficient (Wildman–Crippen LogP) is 1.10. The maximum absolute atomic E-state index is 12.3. The van der Waals surface area contributed by atoms with Gasteiger partial charge in [-0.1, -0.05) is 13.8 Å². The van der Waals surface area contributed by atoms with Crippen LogP contribution in [0.3, 0.4) is 0 Å². The topological polar surface area (TPSA) is 102 Å². The Morgan fingerprint density at radius 1 is 1.48 bits per heavy atom. The molecule has 0 atom stereocenters. The van der Waals surface area contributed by atoms with Crippen LogP contribution in [0.1, 0.15) is 38.9 Å². The number of aromatic nitrogens is 3. The second-order valence-corrected chi connectivity index (χ2v) is 8.42. The molecular weight excluding hydrogens is 294 g/mol. The van der Waals surface area contributed by atoms with Gasteiger partial charge in [-0.05, 0) is 24.2 Å². The predicted molar refractivity (Wildman–Crippen MR) is 76.3 cm³/mol. The number of nitrogens with zero attached hydrogens (tertiary/aromatic N) is 3. The van der Waals surface area contributed by atoms with Crippen LogP contribution in [0.5, 0.6) is 0 Å². The van der Waals surface area contributed by atoms with Crippen LogP contribution in [0.4, 0.5) is 0 Å². The summed E-state index contributed by atoms with van der Waals surface area (Å²) < 4.78 is 26.2. The van der Waals surface area contributed by atoms with E-state index in [2.05, 4.69) is 10.1 Å². The number of carboxylic acid groups (broad SMARTS) is 1. The lowest BCUT2D eigenvalue weighted by atomic mass is 10.1. The first-order valence-electron chi connectivity index (χ1n) is 7.00. The number of carboxylic acids is 1. The van der Waals surface area contributed by atoms with Gasteiger partial charge in [0.2, 0.25) is 0 Å². The van der Waals surface area contributed by atoms with Crippen molar-refractivity contribution in [2.75, 3.05) is 5.75 Å². The molecule has 1 aromatic heterocycles. The van der Waals surface area contributed by atoms with Crippen molar-refractivity contribution in [3.05, 3.63) is 12.2 Å². The summed E-state index contributed by atoms with van der Waals surface area (Å²) in [4.78, 5) is 14.8. The molecule has 1 fully saturated rings. The van der Waals surface area contributed by atoms with Crippen molar-refractivity contribution in [3.8, 4) is 0 Å². The van der Waals surface area contributed by atoms with Gasteiger partial charge in [-0.3, -0.25) is 4.79 Å². The van der Waals surface area contributed by atoms with Crippen molar-refractivity contribution in [3.63, 3.8) is 0 Å². The highest BCUT2D eigenvalue weighted by atomic mass is 32.2. The van der Waals surface area contributed by atoms with Crippen LogP contribution in [0.2, 0.25) is 0 Å². The molecule has 0 aromatic carbocycles. The van der Waals surface area contributed by atoms with Crippen LogP contribution in [-0.4, -0.2) is 40.0 Å². The minimum absolute atomic E-state index is 0.0785. The lowest BCUT2D eigenvalue weighted by Crippen LogP contribution is -2.23. The van der Waals surface area contributed by atoms with E-state index in [0.29, 0.717) is 31.1 Å². The number of hydrogen-bond donors (Lipinski definition) is 1. The lowest BCUT2D eigenvalue weighted by molar-refractivity contribution is -0.138. The van der Waals surface area contributed by atoms with Crippen molar-refractivity contribution in [1.29, 1.82) is 0 Å². The summed E-state index contributed by atoms with van der Waals surface area (Å²) in [5.74, 6) is -0.433. The Bertz CT molecular complexity index is 617. The van der Waals surface area contributed by atoms with E-state index >= 15 is 0 Å². The molecule has 7 nitrogen and oxygen atoms in total. The quantitative estimate of drug-likeness (QED) is 0.771. The van der Waals surface area contributed by atoms with Gasteiger partial charge >= 0.3 is 5.97 Å². The molecule has 8 heteroatoms. The van der Waals surface area contributed by atoms with Crippen molar-refractivity contribution >= 4 is 15.8 Å². The SMILES string of the molecule is CC(C)Cn1ncnc1CS(=O)(=O)CC1(CC(=O)O)CC1. The first-order valence-corrected chi connectivity index (χ1v) is 8.82. The molecule has 1 heterocycles. The first kappa shape index (κ1) is 15.9. The third-order valence-corrected chi connectivity index (χ3v) is 5.34. The van der Waals surface area contributed by atoms with Gasteiger partial charge in [-0.15, -0.1) is 0 Å². The standard InChI is InChI=1S/C13H21N3O4S/c1-10(2)6-16-11(14-9-15-16)7-21(19,20)8-13(3-4-13)5-12(17)18/h9-10H,3-8H2,1-2H3,(H,17,18). The van der Waals surface area contributed by atoms with E-state index in [-0.39, 0.29) is 17.9 Å². The van der Waals surface area contributed by atoms with Crippen molar-refractivity contribution in [2.45, 2.75) is 45.4 Å². The Morgan fingerprint density at radius 3 is 2.67 bits per heavy atom.